The summed E-state index contributed by atoms with van der Waals surface area (Å²) in [7, 11) is 0. The molecule has 0 unspecified atom stereocenters. The quantitative estimate of drug-likeness (QED) is 0.321. The van der Waals surface area contributed by atoms with E-state index in [-0.39, 0.29) is 40.8 Å². The van der Waals surface area contributed by atoms with E-state index in [2.05, 4.69) is 20.3 Å². The first kappa shape index (κ1) is 21.2. The Bertz CT molecular complexity index is 1180. The molecular formula is C19H12ClF3N4O3S. The third kappa shape index (κ3) is 5.36. The van der Waals surface area contributed by atoms with Gasteiger partial charge in [0.1, 0.15) is 5.75 Å². The van der Waals surface area contributed by atoms with Gasteiger partial charge in [-0.3, -0.25) is 0 Å². The number of thioether (sulfide) groups is 1. The van der Waals surface area contributed by atoms with Crippen LogP contribution in [-0.2, 0) is 18.5 Å². The fraction of sp³-hybridized carbons (Fsp3) is 0.158. The van der Waals surface area contributed by atoms with Crippen molar-refractivity contribution in [2.24, 2.45) is 0 Å². The summed E-state index contributed by atoms with van der Waals surface area (Å²) in [6.07, 6.45) is -4.45. The van der Waals surface area contributed by atoms with E-state index in [1.165, 1.54) is 12.1 Å². The second kappa shape index (κ2) is 8.98. The summed E-state index contributed by atoms with van der Waals surface area (Å²) >= 11 is 7.15. The Morgan fingerprint density at radius 3 is 2.68 bits per heavy atom. The molecule has 12 heteroatoms. The molecule has 4 aromatic rings. The molecule has 0 saturated carbocycles. The SMILES string of the molecule is FC(F)(F)c1cccc(-c2noc(CSc3nnc(COc4ccccc4Cl)o3)n2)c1. The van der Waals surface area contributed by atoms with E-state index in [4.69, 9.17) is 25.3 Å². The molecule has 4 rings (SSSR count). The van der Waals surface area contributed by atoms with E-state index in [0.29, 0.717) is 10.8 Å². The number of hydrogen-bond acceptors (Lipinski definition) is 8. The molecule has 0 N–H and O–H groups in total. The van der Waals surface area contributed by atoms with Crippen molar-refractivity contribution in [2.45, 2.75) is 23.8 Å². The predicted molar refractivity (Wildman–Crippen MR) is 104 cm³/mol. The summed E-state index contributed by atoms with van der Waals surface area (Å²) in [6.45, 7) is 0.0392. The summed E-state index contributed by atoms with van der Waals surface area (Å²) in [5.41, 5.74) is -0.588. The number of nitrogens with zero attached hydrogens (tertiary/aromatic N) is 4. The number of alkyl halides is 3. The van der Waals surface area contributed by atoms with Crippen LogP contribution in [0, 0.1) is 0 Å². The third-order valence-electron chi connectivity index (χ3n) is 3.87. The lowest BCUT2D eigenvalue weighted by Crippen LogP contribution is -2.04. The van der Waals surface area contributed by atoms with Gasteiger partial charge in [0, 0.05) is 5.56 Å². The summed E-state index contributed by atoms with van der Waals surface area (Å²) in [5.74, 6) is 1.19. The number of para-hydroxylation sites is 1. The molecule has 31 heavy (non-hydrogen) atoms. The van der Waals surface area contributed by atoms with Crippen LogP contribution in [0.5, 0.6) is 5.75 Å². The van der Waals surface area contributed by atoms with Crippen LogP contribution < -0.4 is 4.74 Å². The topological polar surface area (TPSA) is 87.1 Å². The van der Waals surface area contributed by atoms with Crippen molar-refractivity contribution in [3.05, 3.63) is 70.9 Å². The minimum atomic E-state index is -4.45. The second-order valence-corrected chi connectivity index (χ2v) is 7.39. The lowest BCUT2D eigenvalue weighted by Gasteiger charge is -2.06. The molecule has 0 fully saturated rings. The van der Waals surface area contributed by atoms with Crippen molar-refractivity contribution in [2.75, 3.05) is 0 Å². The molecule has 0 atom stereocenters. The molecule has 2 aromatic heterocycles. The zero-order valence-corrected chi connectivity index (χ0v) is 17.0. The van der Waals surface area contributed by atoms with Crippen LogP contribution in [-0.4, -0.2) is 20.3 Å². The molecule has 0 aliphatic heterocycles. The van der Waals surface area contributed by atoms with Gasteiger partial charge in [0.05, 0.1) is 16.3 Å². The lowest BCUT2D eigenvalue weighted by atomic mass is 10.1. The minimum Gasteiger partial charge on any atom is -0.482 e. The van der Waals surface area contributed by atoms with E-state index < -0.39 is 11.7 Å². The summed E-state index contributed by atoms with van der Waals surface area (Å²) in [5, 5.41) is 12.2. The Morgan fingerprint density at radius 1 is 1.03 bits per heavy atom. The first-order valence-corrected chi connectivity index (χ1v) is 10.1. The molecule has 160 valence electrons. The van der Waals surface area contributed by atoms with E-state index in [0.717, 1.165) is 23.9 Å². The highest BCUT2D eigenvalue weighted by atomic mass is 35.5. The Kier molecular flexibility index (Phi) is 6.14. The van der Waals surface area contributed by atoms with Crippen molar-refractivity contribution in [1.29, 1.82) is 0 Å². The number of hydrogen-bond donors (Lipinski definition) is 0. The average Bonchev–Trinajstić information content (AvgIpc) is 3.41. The van der Waals surface area contributed by atoms with Gasteiger partial charge in [-0.2, -0.15) is 18.2 Å². The van der Waals surface area contributed by atoms with Gasteiger partial charge in [0.2, 0.25) is 11.7 Å². The van der Waals surface area contributed by atoms with Crippen LogP contribution in [0.25, 0.3) is 11.4 Å². The van der Waals surface area contributed by atoms with Crippen molar-refractivity contribution in [1.82, 2.24) is 20.3 Å². The molecule has 2 heterocycles. The van der Waals surface area contributed by atoms with E-state index >= 15 is 0 Å². The lowest BCUT2D eigenvalue weighted by molar-refractivity contribution is -0.137. The summed E-state index contributed by atoms with van der Waals surface area (Å²) in [4.78, 5) is 4.12. The average molecular weight is 469 g/mol. The van der Waals surface area contributed by atoms with Crippen LogP contribution in [0.15, 0.2) is 62.7 Å². The van der Waals surface area contributed by atoms with Crippen LogP contribution in [0.3, 0.4) is 0 Å². The number of halogens is 4. The van der Waals surface area contributed by atoms with Gasteiger partial charge in [-0.15, -0.1) is 10.2 Å². The number of aromatic nitrogens is 4. The van der Waals surface area contributed by atoms with Crippen LogP contribution in [0.1, 0.15) is 17.3 Å². The highest BCUT2D eigenvalue weighted by Crippen LogP contribution is 2.32. The first-order chi connectivity index (χ1) is 14.9. The maximum Gasteiger partial charge on any atom is 0.416 e. The fourth-order valence-electron chi connectivity index (χ4n) is 2.44. The van der Waals surface area contributed by atoms with Crippen LogP contribution in [0.2, 0.25) is 5.02 Å². The molecule has 0 radical (unpaired) electrons. The summed E-state index contributed by atoms with van der Waals surface area (Å²) < 4.78 is 54.7. The van der Waals surface area contributed by atoms with Gasteiger partial charge in [-0.25, -0.2) is 0 Å². The molecule has 0 aliphatic carbocycles. The first-order valence-electron chi connectivity index (χ1n) is 8.71. The molecule has 0 amide bonds. The number of ether oxygens (including phenoxy) is 1. The normalized spacial score (nSPS) is 11.6. The standard InChI is InChI=1S/C19H12ClF3N4O3S/c20-13-6-1-2-7-14(13)28-9-15-25-26-18(29-15)31-10-16-24-17(27-30-16)11-4-3-5-12(8-11)19(21,22)23/h1-8H,9-10H2. The number of rotatable bonds is 7. The third-order valence-corrected chi connectivity index (χ3v) is 4.99. The Labute approximate surface area is 182 Å². The Morgan fingerprint density at radius 2 is 1.87 bits per heavy atom. The van der Waals surface area contributed by atoms with Gasteiger partial charge in [0.25, 0.3) is 11.1 Å². The van der Waals surface area contributed by atoms with Crippen LogP contribution in [0.4, 0.5) is 13.2 Å². The fourth-order valence-corrected chi connectivity index (χ4v) is 3.25. The largest absolute Gasteiger partial charge is 0.482 e. The van der Waals surface area contributed by atoms with Gasteiger partial charge in [0.15, 0.2) is 6.61 Å². The maximum atomic E-state index is 12.9. The molecule has 0 aliphatic rings. The van der Waals surface area contributed by atoms with E-state index in [1.807, 2.05) is 0 Å². The molecule has 7 nitrogen and oxygen atoms in total. The Balaban J connectivity index is 1.35. The highest BCUT2D eigenvalue weighted by molar-refractivity contribution is 7.98. The van der Waals surface area contributed by atoms with Gasteiger partial charge >= 0.3 is 6.18 Å². The van der Waals surface area contributed by atoms with Gasteiger partial charge in [-0.05, 0) is 24.3 Å². The van der Waals surface area contributed by atoms with Gasteiger partial charge < -0.3 is 13.7 Å². The molecular weight excluding hydrogens is 457 g/mol. The molecule has 2 aromatic carbocycles. The van der Waals surface area contributed by atoms with Crippen molar-refractivity contribution >= 4 is 23.4 Å². The van der Waals surface area contributed by atoms with Crippen molar-refractivity contribution < 1.29 is 26.8 Å². The molecule has 0 spiro atoms. The zero-order valence-electron chi connectivity index (χ0n) is 15.5. The summed E-state index contributed by atoms with van der Waals surface area (Å²) in [6, 6.07) is 11.7. The predicted octanol–water partition coefficient (Wildman–Crippen LogP) is 5.66. The zero-order chi connectivity index (χ0) is 21.8. The maximum absolute atomic E-state index is 12.9. The van der Waals surface area contributed by atoms with Crippen molar-refractivity contribution in [3.63, 3.8) is 0 Å². The van der Waals surface area contributed by atoms with E-state index in [1.54, 1.807) is 24.3 Å². The highest BCUT2D eigenvalue weighted by Gasteiger charge is 2.30. The molecule has 0 bridgehead atoms. The van der Waals surface area contributed by atoms with E-state index in [9.17, 15) is 13.2 Å². The minimum absolute atomic E-state index is 0.0392. The van der Waals surface area contributed by atoms with Crippen molar-refractivity contribution in [3.8, 4) is 17.1 Å². The molecule has 0 saturated heterocycles. The smallest absolute Gasteiger partial charge is 0.416 e. The second-order valence-electron chi connectivity index (χ2n) is 6.06. The van der Waals surface area contributed by atoms with Crippen LogP contribution >= 0.6 is 23.4 Å². The van der Waals surface area contributed by atoms with Gasteiger partial charge in [-0.1, -0.05) is 52.8 Å². The Hall–Kier alpha value is -3.05. The number of benzene rings is 2. The monoisotopic (exact) mass is 468 g/mol.